The maximum Gasteiger partial charge on any atom is 0.254 e. The summed E-state index contributed by atoms with van der Waals surface area (Å²) >= 11 is 0. The summed E-state index contributed by atoms with van der Waals surface area (Å²) < 4.78 is 5.01. The minimum atomic E-state index is -0.154. The first-order valence-electron chi connectivity index (χ1n) is 6.92. The van der Waals surface area contributed by atoms with Gasteiger partial charge in [-0.15, -0.1) is 0 Å². The third-order valence-electron chi connectivity index (χ3n) is 3.05. The van der Waals surface area contributed by atoms with Crippen LogP contribution >= 0.6 is 0 Å². The topological polar surface area (TPSA) is 92.2 Å². The van der Waals surface area contributed by atoms with Crippen molar-refractivity contribution in [1.82, 2.24) is 9.88 Å². The summed E-state index contributed by atoms with van der Waals surface area (Å²) in [5.74, 6) is 0.362. The van der Waals surface area contributed by atoms with Crippen LogP contribution in [0.3, 0.4) is 0 Å². The number of rotatable bonds is 7. The second-order valence-corrected chi connectivity index (χ2v) is 5.05. The first kappa shape index (κ1) is 16.9. The molecule has 1 rings (SSSR count). The molecule has 0 saturated carbocycles. The highest BCUT2D eigenvalue weighted by Crippen LogP contribution is 2.17. The number of carbonyl (C=O) groups is 1. The molecule has 6 heteroatoms. The van der Waals surface area contributed by atoms with Crippen molar-refractivity contribution < 1.29 is 9.53 Å². The van der Waals surface area contributed by atoms with E-state index in [2.05, 4.69) is 11.1 Å². The quantitative estimate of drug-likeness (QED) is 0.826. The van der Waals surface area contributed by atoms with Crippen LogP contribution in [0, 0.1) is 11.3 Å². The van der Waals surface area contributed by atoms with Gasteiger partial charge in [0.2, 0.25) is 0 Å². The summed E-state index contributed by atoms with van der Waals surface area (Å²) in [6.45, 7) is 5.23. The van der Waals surface area contributed by atoms with Crippen molar-refractivity contribution >= 4 is 11.7 Å². The summed E-state index contributed by atoms with van der Waals surface area (Å²) in [6.07, 6.45) is 0.285. The molecule has 0 aromatic carbocycles. The average molecular weight is 290 g/mol. The smallest absolute Gasteiger partial charge is 0.254 e. The molecule has 1 aromatic heterocycles. The molecule has 0 fully saturated rings. The number of nitrogen functional groups attached to an aromatic ring is 1. The molecule has 0 atom stereocenters. The summed E-state index contributed by atoms with van der Waals surface area (Å²) in [6, 6.07) is 5.38. The molecular weight excluding hydrogens is 268 g/mol. The van der Waals surface area contributed by atoms with Gasteiger partial charge in [-0.3, -0.25) is 4.79 Å². The summed E-state index contributed by atoms with van der Waals surface area (Å²) in [7, 11) is 1.58. The number of carbonyl (C=O) groups excluding carboxylic acids is 1. The summed E-state index contributed by atoms with van der Waals surface area (Å²) in [5, 5.41) is 8.70. The number of nitriles is 1. The Morgan fingerprint density at radius 1 is 1.48 bits per heavy atom. The lowest BCUT2D eigenvalue weighted by molar-refractivity contribution is 0.0699. The molecule has 1 amide bonds. The van der Waals surface area contributed by atoms with Crippen LogP contribution in [0.1, 0.15) is 42.2 Å². The number of anilines is 1. The van der Waals surface area contributed by atoms with E-state index in [-0.39, 0.29) is 18.2 Å². The molecule has 114 valence electrons. The predicted molar refractivity (Wildman–Crippen MR) is 80.7 cm³/mol. The van der Waals surface area contributed by atoms with E-state index in [1.807, 2.05) is 13.8 Å². The molecule has 0 aliphatic rings. The predicted octanol–water partition coefficient (Wildman–Crippen LogP) is 1.79. The molecule has 0 aliphatic heterocycles. The third-order valence-corrected chi connectivity index (χ3v) is 3.05. The molecule has 2 N–H and O–H groups in total. The fourth-order valence-corrected chi connectivity index (χ4v) is 1.88. The van der Waals surface area contributed by atoms with Gasteiger partial charge >= 0.3 is 0 Å². The van der Waals surface area contributed by atoms with Gasteiger partial charge in [0.15, 0.2) is 0 Å². The van der Waals surface area contributed by atoms with Gasteiger partial charge in [-0.2, -0.15) is 5.26 Å². The lowest BCUT2D eigenvalue weighted by Crippen LogP contribution is -2.35. The highest BCUT2D eigenvalue weighted by atomic mass is 16.5. The van der Waals surface area contributed by atoms with Gasteiger partial charge < -0.3 is 15.4 Å². The second kappa shape index (κ2) is 8.22. The monoisotopic (exact) mass is 290 g/mol. The lowest BCUT2D eigenvalue weighted by Gasteiger charge is -2.22. The SMILES string of the molecule is COCCN(CCC#N)C(=O)c1cc(N)nc(C(C)C)c1. The van der Waals surface area contributed by atoms with Gasteiger partial charge in [-0.1, -0.05) is 13.8 Å². The van der Waals surface area contributed by atoms with Crippen LogP contribution in [-0.4, -0.2) is 42.6 Å². The number of methoxy groups -OCH3 is 1. The van der Waals surface area contributed by atoms with Crippen LogP contribution in [0.25, 0.3) is 0 Å². The molecule has 21 heavy (non-hydrogen) atoms. The van der Waals surface area contributed by atoms with Crippen molar-refractivity contribution in [2.75, 3.05) is 32.5 Å². The molecule has 1 aromatic rings. The Morgan fingerprint density at radius 3 is 2.76 bits per heavy atom. The number of hydrogen-bond acceptors (Lipinski definition) is 5. The number of pyridine rings is 1. The van der Waals surface area contributed by atoms with Crippen LogP contribution in [-0.2, 0) is 4.74 Å². The highest BCUT2D eigenvalue weighted by Gasteiger charge is 2.17. The highest BCUT2D eigenvalue weighted by molar-refractivity contribution is 5.95. The number of nitrogens with two attached hydrogens (primary N) is 1. The van der Waals surface area contributed by atoms with Crippen molar-refractivity contribution in [2.24, 2.45) is 0 Å². The first-order chi connectivity index (χ1) is 9.99. The molecule has 0 aliphatic carbocycles. The molecule has 0 saturated heterocycles. The second-order valence-electron chi connectivity index (χ2n) is 5.05. The van der Waals surface area contributed by atoms with E-state index in [1.165, 1.54) is 0 Å². The van der Waals surface area contributed by atoms with Crippen molar-refractivity contribution in [3.63, 3.8) is 0 Å². The number of nitrogens with zero attached hydrogens (tertiary/aromatic N) is 3. The van der Waals surface area contributed by atoms with Crippen LogP contribution in [0.15, 0.2) is 12.1 Å². The average Bonchev–Trinajstić information content (AvgIpc) is 2.46. The Balaban J connectivity index is 2.99. The van der Waals surface area contributed by atoms with E-state index in [4.69, 9.17) is 15.7 Å². The number of hydrogen-bond donors (Lipinski definition) is 1. The maximum absolute atomic E-state index is 12.6. The number of ether oxygens (including phenoxy) is 1. The van der Waals surface area contributed by atoms with Gasteiger partial charge in [-0.05, 0) is 18.1 Å². The van der Waals surface area contributed by atoms with E-state index in [0.717, 1.165) is 5.69 Å². The minimum Gasteiger partial charge on any atom is -0.384 e. The largest absolute Gasteiger partial charge is 0.384 e. The van der Waals surface area contributed by atoms with Gasteiger partial charge in [0.1, 0.15) is 5.82 Å². The van der Waals surface area contributed by atoms with Crippen LogP contribution in [0.2, 0.25) is 0 Å². The molecule has 0 radical (unpaired) electrons. The Morgan fingerprint density at radius 2 is 2.19 bits per heavy atom. The van der Waals surface area contributed by atoms with E-state index in [1.54, 1.807) is 24.1 Å². The number of aromatic nitrogens is 1. The van der Waals surface area contributed by atoms with Crippen LogP contribution in [0.4, 0.5) is 5.82 Å². The molecule has 0 spiro atoms. The zero-order valence-corrected chi connectivity index (χ0v) is 12.8. The third kappa shape index (κ3) is 5.04. The van der Waals surface area contributed by atoms with E-state index in [9.17, 15) is 4.79 Å². The Kier molecular flexibility index (Phi) is 6.63. The zero-order valence-electron chi connectivity index (χ0n) is 12.8. The number of amides is 1. The maximum atomic E-state index is 12.6. The fraction of sp³-hybridized carbons (Fsp3) is 0.533. The van der Waals surface area contributed by atoms with Crippen molar-refractivity contribution in [1.29, 1.82) is 5.26 Å². The van der Waals surface area contributed by atoms with E-state index < -0.39 is 0 Å². The normalized spacial score (nSPS) is 10.4. The van der Waals surface area contributed by atoms with Crippen molar-refractivity contribution in [3.05, 3.63) is 23.4 Å². The summed E-state index contributed by atoms with van der Waals surface area (Å²) in [5.41, 5.74) is 7.06. The standard InChI is InChI=1S/C15H22N4O2/c1-11(2)13-9-12(10-14(17)18-13)15(20)19(6-4-5-16)7-8-21-3/h9-11H,4,6-8H2,1-3H3,(H2,17,18). The van der Waals surface area contributed by atoms with E-state index in [0.29, 0.717) is 31.1 Å². The molecule has 0 bridgehead atoms. The molecule has 6 nitrogen and oxygen atoms in total. The Bertz CT molecular complexity index is 523. The first-order valence-corrected chi connectivity index (χ1v) is 6.92. The Hall–Kier alpha value is -2.13. The fourth-order valence-electron chi connectivity index (χ4n) is 1.88. The van der Waals surface area contributed by atoms with Crippen LogP contribution < -0.4 is 5.73 Å². The summed E-state index contributed by atoms with van der Waals surface area (Å²) in [4.78, 5) is 18.4. The van der Waals surface area contributed by atoms with Crippen LogP contribution in [0.5, 0.6) is 0 Å². The molecule has 1 heterocycles. The zero-order chi connectivity index (χ0) is 15.8. The Labute approximate surface area is 125 Å². The molecule has 0 unspecified atom stereocenters. The molecular formula is C15H22N4O2. The van der Waals surface area contributed by atoms with Gasteiger partial charge in [0.25, 0.3) is 5.91 Å². The van der Waals surface area contributed by atoms with Gasteiger partial charge in [0.05, 0.1) is 19.1 Å². The minimum absolute atomic E-state index is 0.154. The van der Waals surface area contributed by atoms with Gasteiger partial charge in [-0.25, -0.2) is 4.98 Å². The van der Waals surface area contributed by atoms with Crippen molar-refractivity contribution in [2.45, 2.75) is 26.2 Å². The van der Waals surface area contributed by atoms with Gasteiger partial charge in [0, 0.05) is 31.5 Å². The van der Waals surface area contributed by atoms with Crippen molar-refractivity contribution in [3.8, 4) is 6.07 Å². The lowest BCUT2D eigenvalue weighted by atomic mass is 10.1. The van der Waals surface area contributed by atoms with E-state index >= 15 is 0 Å².